The van der Waals surface area contributed by atoms with Crippen molar-refractivity contribution in [3.63, 3.8) is 0 Å². The van der Waals surface area contributed by atoms with Crippen molar-refractivity contribution < 1.29 is 30.7 Å². The van der Waals surface area contributed by atoms with Gasteiger partial charge in [0.2, 0.25) is 5.75 Å². The summed E-state index contributed by atoms with van der Waals surface area (Å²) in [4.78, 5) is 0. The molecule has 8 aromatic rings. The van der Waals surface area contributed by atoms with Crippen LogP contribution in [0.15, 0.2) is 176 Å². The average molecular weight is 844 g/mol. The molecule has 5 nitrogen and oxygen atoms in total. The fourth-order valence-electron chi connectivity index (χ4n) is 9.41. The number of benzene rings is 8. The molecular weight excluding hydrogens is 795 g/mol. The largest absolute Gasteiger partial charge is 2.00 e. The van der Waals surface area contributed by atoms with Crippen LogP contribution in [-0.4, -0.2) is 21.3 Å². The van der Waals surface area contributed by atoms with Crippen molar-refractivity contribution in [3.8, 4) is 17.2 Å². The standard InChI is InChI=1S/C55H48N2O3.Ni/c1-35-21-18-22-36(2)49(35)56-50-42-33-19-31-41-32-20-34-43(46(41)42)51(50)57-52-47(44(37-23-10-6-11-24-37)38-25-12-7-13-26-38)53(58-3)55(60-5)54(59-4)48(52)45(39-27-14-8-15-28-39)40-29-16-9-17-30-40;/h6-34,44-45,50-51H,1-5H3;/q-2;+2. The third kappa shape index (κ3) is 7.51. The van der Waals surface area contributed by atoms with E-state index in [1.807, 2.05) is 0 Å². The molecule has 0 N–H and O–H groups in total. The fraction of sp³-hybridized carbons (Fsp3) is 0.164. The van der Waals surface area contributed by atoms with Gasteiger partial charge in [-0.2, -0.15) is 0 Å². The van der Waals surface area contributed by atoms with Crippen molar-refractivity contribution in [2.45, 2.75) is 37.8 Å². The maximum absolute atomic E-state index is 6.57. The van der Waals surface area contributed by atoms with Crippen molar-refractivity contribution in [2.75, 3.05) is 21.3 Å². The molecule has 0 saturated carbocycles. The molecule has 0 bridgehead atoms. The van der Waals surface area contributed by atoms with Crippen LogP contribution < -0.4 is 14.2 Å². The number of rotatable bonds is 13. The molecule has 1 aliphatic rings. The molecule has 61 heavy (non-hydrogen) atoms. The molecule has 306 valence electrons. The second kappa shape index (κ2) is 18.0. The fourth-order valence-corrected chi connectivity index (χ4v) is 9.41. The van der Waals surface area contributed by atoms with Crippen LogP contribution in [0.5, 0.6) is 17.2 Å². The van der Waals surface area contributed by atoms with Gasteiger partial charge in [-0.1, -0.05) is 198 Å². The SMILES string of the molecule is COc1c(OC)c(C(c2ccccc2)c2ccccc2)c([N-]C2c3cccc4cccc(c34)C2[N-]c2c(C)cccc2C)c(C(c2ccccc2)c2ccccc2)c1OC.[Ni+2]. The Hall–Kier alpha value is -6.49. The van der Waals surface area contributed by atoms with Crippen molar-refractivity contribution in [3.05, 3.63) is 242 Å². The molecule has 2 atom stereocenters. The Labute approximate surface area is 369 Å². The van der Waals surface area contributed by atoms with Gasteiger partial charge in [-0.05, 0) is 58.0 Å². The van der Waals surface area contributed by atoms with Crippen LogP contribution in [-0.2, 0) is 16.5 Å². The predicted molar refractivity (Wildman–Crippen MR) is 245 cm³/mol. The quantitative estimate of drug-likeness (QED) is 0.0858. The molecule has 0 heterocycles. The summed E-state index contributed by atoms with van der Waals surface area (Å²) in [6, 6.07) is 61.4. The molecular formula is C55H48N2NiO3. The number of ether oxygens (including phenoxy) is 3. The van der Waals surface area contributed by atoms with E-state index < -0.39 is 6.04 Å². The molecule has 1 aliphatic carbocycles. The third-order valence-electron chi connectivity index (χ3n) is 12.0. The van der Waals surface area contributed by atoms with Crippen molar-refractivity contribution in [1.82, 2.24) is 0 Å². The molecule has 0 aliphatic heterocycles. The predicted octanol–water partition coefficient (Wildman–Crippen LogP) is 14.3. The molecule has 8 aromatic carbocycles. The molecule has 0 amide bonds. The summed E-state index contributed by atoms with van der Waals surface area (Å²) in [5.74, 6) is 1.06. The first-order valence-electron chi connectivity index (χ1n) is 20.6. The summed E-state index contributed by atoms with van der Waals surface area (Å²) in [7, 11) is 5.13. The van der Waals surface area contributed by atoms with Gasteiger partial charge in [0.25, 0.3) is 0 Å². The number of hydrogen-bond donors (Lipinski definition) is 0. The second-order valence-corrected chi connectivity index (χ2v) is 15.5. The Bertz CT molecular complexity index is 2550. The van der Waals surface area contributed by atoms with Gasteiger partial charge in [0.15, 0.2) is 11.5 Å². The van der Waals surface area contributed by atoms with E-state index in [4.69, 9.17) is 24.8 Å². The Morgan fingerprint density at radius 2 is 0.738 bits per heavy atom. The van der Waals surface area contributed by atoms with Crippen LogP contribution in [0, 0.1) is 13.8 Å². The Morgan fingerprint density at radius 1 is 0.393 bits per heavy atom. The Balaban J connectivity index is 0.00000514. The minimum Gasteiger partial charge on any atom is -0.678 e. The van der Waals surface area contributed by atoms with Crippen LogP contribution in [0.4, 0.5) is 11.4 Å². The van der Waals surface area contributed by atoms with Crippen LogP contribution in [0.2, 0.25) is 0 Å². The summed E-state index contributed by atoms with van der Waals surface area (Å²) in [6.07, 6.45) is 0. The van der Waals surface area contributed by atoms with Gasteiger partial charge < -0.3 is 24.8 Å². The average Bonchev–Trinajstić information content (AvgIpc) is 3.59. The first-order chi connectivity index (χ1) is 29.5. The third-order valence-corrected chi connectivity index (χ3v) is 12.0. The van der Waals surface area contributed by atoms with Gasteiger partial charge in [-0.25, -0.2) is 0 Å². The van der Waals surface area contributed by atoms with Gasteiger partial charge in [0.05, 0.1) is 21.3 Å². The van der Waals surface area contributed by atoms with Crippen LogP contribution >= 0.6 is 0 Å². The van der Waals surface area contributed by atoms with E-state index in [9.17, 15) is 0 Å². The van der Waals surface area contributed by atoms with Crippen molar-refractivity contribution in [2.24, 2.45) is 0 Å². The van der Waals surface area contributed by atoms with Gasteiger partial charge in [0.1, 0.15) is 0 Å². The van der Waals surface area contributed by atoms with E-state index in [0.29, 0.717) is 17.2 Å². The monoisotopic (exact) mass is 842 g/mol. The zero-order valence-corrected chi connectivity index (χ0v) is 36.0. The van der Waals surface area contributed by atoms with Crippen LogP contribution in [0.3, 0.4) is 0 Å². The van der Waals surface area contributed by atoms with Gasteiger partial charge >= 0.3 is 16.5 Å². The number of nitrogens with zero attached hydrogens (tertiary/aromatic N) is 2. The zero-order chi connectivity index (χ0) is 41.2. The van der Waals surface area contributed by atoms with E-state index in [1.54, 1.807) is 21.3 Å². The van der Waals surface area contributed by atoms with E-state index in [0.717, 1.165) is 61.4 Å². The normalized spacial score (nSPS) is 14.1. The number of aryl methyl sites for hydroxylation is 2. The second-order valence-electron chi connectivity index (χ2n) is 15.5. The minimum atomic E-state index is -0.398. The van der Waals surface area contributed by atoms with Gasteiger partial charge in [-0.15, -0.1) is 23.5 Å². The van der Waals surface area contributed by atoms with Crippen molar-refractivity contribution >= 4 is 22.1 Å². The van der Waals surface area contributed by atoms with E-state index >= 15 is 0 Å². The number of methoxy groups -OCH3 is 3. The smallest absolute Gasteiger partial charge is 0.678 e. The summed E-state index contributed by atoms with van der Waals surface area (Å²) in [5, 5.41) is 14.2. The minimum absolute atomic E-state index is 0. The van der Waals surface area contributed by atoms with Crippen molar-refractivity contribution in [1.29, 1.82) is 0 Å². The first-order valence-corrected chi connectivity index (χ1v) is 20.6. The summed E-state index contributed by atoms with van der Waals surface area (Å²) < 4.78 is 19.6. The summed E-state index contributed by atoms with van der Waals surface area (Å²) in [5.41, 5.74) is 12.5. The summed E-state index contributed by atoms with van der Waals surface area (Å²) >= 11 is 0. The van der Waals surface area contributed by atoms with Gasteiger partial charge in [0, 0.05) is 11.8 Å². The van der Waals surface area contributed by atoms with E-state index in [2.05, 4.69) is 190 Å². The van der Waals surface area contributed by atoms with Crippen LogP contribution in [0.25, 0.3) is 21.4 Å². The van der Waals surface area contributed by atoms with Gasteiger partial charge in [-0.3, -0.25) is 0 Å². The Kier molecular flexibility index (Phi) is 12.2. The summed E-state index contributed by atoms with van der Waals surface area (Å²) in [6.45, 7) is 4.29. The molecule has 2 unspecified atom stereocenters. The molecule has 6 heteroatoms. The first kappa shape index (κ1) is 41.3. The molecule has 0 radical (unpaired) electrons. The molecule has 9 rings (SSSR count). The zero-order valence-electron chi connectivity index (χ0n) is 35.0. The van der Waals surface area contributed by atoms with E-state index in [1.165, 1.54) is 16.3 Å². The molecule has 0 aromatic heterocycles. The van der Waals surface area contributed by atoms with Crippen LogP contribution in [0.1, 0.15) is 79.6 Å². The molecule has 0 saturated heterocycles. The maximum Gasteiger partial charge on any atom is 2.00 e. The molecule has 0 fully saturated rings. The molecule has 0 spiro atoms. The maximum atomic E-state index is 6.57. The van der Waals surface area contributed by atoms with E-state index in [-0.39, 0.29) is 34.4 Å². The number of hydrogen-bond acceptors (Lipinski definition) is 3. The Morgan fingerprint density at radius 3 is 1.10 bits per heavy atom. The number of para-hydroxylation sites is 1. The topological polar surface area (TPSA) is 55.9 Å².